The van der Waals surface area contributed by atoms with E-state index in [0.29, 0.717) is 18.6 Å². The molecule has 2 aromatic carbocycles. The first-order chi connectivity index (χ1) is 12.5. The summed E-state index contributed by atoms with van der Waals surface area (Å²) in [6, 6.07) is 14.9. The number of amides is 2. The molecule has 1 atom stereocenters. The van der Waals surface area contributed by atoms with Gasteiger partial charge in [-0.3, -0.25) is 9.59 Å². The Morgan fingerprint density at radius 1 is 1.15 bits per heavy atom. The molecule has 3 rings (SSSR count). The van der Waals surface area contributed by atoms with Crippen molar-refractivity contribution in [3.8, 4) is 5.75 Å². The van der Waals surface area contributed by atoms with Crippen LogP contribution >= 0.6 is 0 Å². The quantitative estimate of drug-likeness (QED) is 0.868. The molecule has 2 amide bonds. The van der Waals surface area contributed by atoms with E-state index in [9.17, 15) is 9.59 Å². The SMILES string of the molecule is Cc1ccc(OC[C@@H](C)NC(=O)c2ccc(N3CCCC3=O)cc2)cc1. The van der Waals surface area contributed by atoms with Crippen LogP contribution < -0.4 is 15.0 Å². The number of benzene rings is 2. The molecule has 0 bridgehead atoms. The van der Waals surface area contributed by atoms with Gasteiger partial charge in [0.1, 0.15) is 12.4 Å². The molecule has 1 N–H and O–H groups in total. The molecule has 26 heavy (non-hydrogen) atoms. The lowest BCUT2D eigenvalue weighted by atomic mass is 10.1. The fraction of sp³-hybridized carbons (Fsp3) is 0.333. The molecular weight excluding hydrogens is 328 g/mol. The first-order valence-electron chi connectivity index (χ1n) is 8.94. The molecule has 0 spiro atoms. The molecule has 1 heterocycles. The monoisotopic (exact) mass is 352 g/mol. The summed E-state index contributed by atoms with van der Waals surface area (Å²) in [7, 11) is 0. The van der Waals surface area contributed by atoms with E-state index in [2.05, 4.69) is 5.32 Å². The molecule has 5 nitrogen and oxygen atoms in total. The third-order valence-electron chi connectivity index (χ3n) is 4.41. The number of carbonyl (C=O) groups is 2. The normalized spacial score (nSPS) is 15.0. The number of ether oxygens (including phenoxy) is 1. The van der Waals surface area contributed by atoms with Gasteiger partial charge in [0.25, 0.3) is 5.91 Å². The van der Waals surface area contributed by atoms with Crippen LogP contribution in [0.1, 0.15) is 35.7 Å². The molecule has 0 unspecified atom stereocenters. The maximum atomic E-state index is 12.4. The minimum atomic E-state index is -0.149. The summed E-state index contributed by atoms with van der Waals surface area (Å²) >= 11 is 0. The van der Waals surface area contributed by atoms with Crippen LogP contribution in [-0.4, -0.2) is 31.0 Å². The van der Waals surface area contributed by atoms with Crippen molar-refractivity contribution in [3.63, 3.8) is 0 Å². The van der Waals surface area contributed by atoms with Crippen molar-refractivity contribution in [2.24, 2.45) is 0 Å². The van der Waals surface area contributed by atoms with E-state index in [0.717, 1.165) is 24.4 Å². The molecule has 0 aliphatic carbocycles. The highest BCUT2D eigenvalue weighted by molar-refractivity contribution is 5.97. The minimum Gasteiger partial charge on any atom is -0.491 e. The van der Waals surface area contributed by atoms with E-state index in [-0.39, 0.29) is 17.9 Å². The highest BCUT2D eigenvalue weighted by Crippen LogP contribution is 2.21. The predicted molar refractivity (Wildman–Crippen MR) is 102 cm³/mol. The van der Waals surface area contributed by atoms with Crippen molar-refractivity contribution in [3.05, 3.63) is 59.7 Å². The Hall–Kier alpha value is -2.82. The van der Waals surface area contributed by atoms with Gasteiger partial charge in [-0.15, -0.1) is 0 Å². The molecule has 2 aromatic rings. The van der Waals surface area contributed by atoms with E-state index in [4.69, 9.17) is 4.74 Å². The molecule has 1 aliphatic heterocycles. The molecule has 0 aromatic heterocycles. The highest BCUT2D eigenvalue weighted by atomic mass is 16.5. The third kappa shape index (κ3) is 4.42. The summed E-state index contributed by atoms with van der Waals surface area (Å²) in [5.74, 6) is 0.782. The third-order valence-corrected chi connectivity index (χ3v) is 4.41. The van der Waals surface area contributed by atoms with E-state index >= 15 is 0 Å². The molecule has 5 heteroatoms. The van der Waals surface area contributed by atoms with Crippen molar-refractivity contribution < 1.29 is 14.3 Å². The van der Waals surface area contributed by atoms with Crippen molar-refractivity contribution in [2.45, 2.75) is 32.7 Å². The lowest BCUT2D eigenvalue weighted by Gasteiger charge is -2.17. The smallest absolute Gasteiger partial charge is 0.251 e. The number of hydrogen-bond acceptors (Lipinski definition) is 3. The number of nitrogens with one attached hydrogen (secondary N) is 1. The van der Waals surface area contributed by atoms with Crippen LogP contribution in [0.15, 0.2) is 48.5 Å². The van der Waals surface area contributed by atoms with Gasteiger partial charge in [0, 0.05) is 24.2 Å². The highest BCUT2D eigenvalue weighted by Gasteiger charge is 2.21. The van der Waals surface area contributed by atoms with Gasteiger partial charge < -0.3 is 15.0 Å². The second-order valence-electron chi connectivity index (χ2n) is 6.69. The van der Waals surface area contributed by atoms with E-state index in [1.54, 1.807) is 17.0 Å². The van der Waals surface area contributed by atoms with Gasteiger partial charge in [-0.05, 0) is 56.7 Å². The fourth-order valence-corrected chi connectivity index (χ4v) is 2.92. The summed E-state index contributed by atoms with van der Waals surface area (Å²) < 4.78 is 5.70. The Bertz CT molecular complexity index is 769. The second kappa shape index (κ2) is 8.04. The van der Waals surface area contributed by atoms with Gasteiger partial charge in [-0.2, -0.15) is 0 Å². The summed E-state index contributed by atoms with van der Waals surface area (Å²) in [5, 5.41) is 2.93. The lowest BCUT2D eigenvalue weighted by Crippen LogP contribution is -2.36. The van der Waals surface area contributed by atoms with E-state index in [1.807, 2.05) is 50.2 Å². The maximum absolute atomic E-state index is 12.4. The Labute approximate surface area is 154 Å². The van der Waals surface area contributed by atoms with Gasteiger partial charge in [0.05, 0.1) is 6.04 Å². The van der Waals surface area contributed by atoms with E-state index in [1.165, 1.54) is 5.56 Å². The van der Waals surface area contributed by atoms with Crippen LogP contribution in [0, 0.1) is 6.92 Å². The summed E-state index contributed by atoms with van der Waals surface area (Å²) in [5.41, 5.74) is 2.60. The summed E-state index contributed by atoms with van der Waals surface area (Å²) in [6.45, 7) is 5.08. The molecule has 1 fully saturated rings. The molecule has 1 aliphatic rings. The number of nitrogens with zero attached hydrogens (tertiary/aromatic N) is 1. The topological polar surface area (TPSA) is 58.6 Å². The van der Waals surface area contributed by atoms with Gasteiger partial charge in [-0.25, -0.2) is 0 Å². The zero-order valence-electron chi connectivity index (χ0n) is 15.2. The fourth-order valence-electron chi connectivity index (χ4n) is 2.92. The Morgan fingerprint density at radius 2 is 1.85 bits per heavy atom. The molecular formula is C21H24N2O3. The van der Waals surface area contributed by atoms with Gasteiger partial charge in [-0.1, -0.05) is 17.7 Å². The van der Waals surface area contributed by atoms with Crippen LogP contribution in [0.25, 0.3) is 0 Å². The Kier molecular flexibility index (Phi) is 5.56. The first-order valence-corrected chi connectivity index (χ1v) is 8.94. The molecule has 136 valence electrons. The molecule has 0 saturated carbocycles. The van der Waals surface area contributed by atoms with Crippen molar-refractivity contribution in [1.29, 1.82) is 0 Å². The number of rotatable bonds is 6. The molecule has 0 radical (unpaired) electrons. The average Bonchev–Trinajstić information content (AvgIpc) is 3.07. The lowest BCUT2D eigenvalue weighted by molar-refractivity contribution is -0.117. The van der Waals surface area contributed by atoms with Crippen molar-refractivity contribution in [1.82, 2.24) is 5.32 Å². The largest absolute Gasteiger partial charge is 0.491 e. The number of aryl methyl sites for hydroxylation is 1. The van der Waals surface area contributed by atoms with Gasteiger partial charge in [0.15, 0.2) is 0 Å². The van der Waals surface area contributed by atoms with Gasteiger partial charge >= 0.3 is 0 Å². The Balaban J connectivity index is 1.52. The minimum absolute atomic E-state index is 0.122. The van der Waals surface area contributed by atoms with Crippen LogP contribution in [0.3, 0.4) is 0 Å². The number of hydrogen-bond donors (Lipinski definition) is 1. The maximum Gasteiger partial charge on any atom is 0.251 e. The number of carbonyl (C=O) groups excluding carboxylic acids is 2. The van der Waals surface area contributed by atoms with Crippen LogP contribution in [-0.2, 0) is 4.79 Å². The zero-order chi connectivity index (χ0) is 18.5. The summed E-state index contributed by atoms with van der Waals surface area (Å²) in [6.07, 6.45) is 1.49. The van der Waals surface area contributed by atoms with Crippen molar-refractivity contribution >= 4 is 17.5 Å². The van der Waals surface area contributed by atoms with Crippen LogP contribution in [0.5, 0.6) is 5.75 Å². The van der Waals surface area contributed by atoms with Crippen LogP contribution in [0.4, 0.5) is 5.69 Å². The summed E-state index contributed by atoms with van der Waals surface area (Å²) in [4.78, 5) is 25.9. The average molecular weight is 352 g/mol. The molecule has 1 saturated heterocycles. The van der Waals surface area contributed by atoms with Crippen LogP contribution in [0.2, 0.25) is 0 Å². The zero-order valence-corrected chi connectivity index (χ0v) is 15.2. The first kappa shape index (κ1) is 18.0. The second-order valence-corrected chi connectivity index (χ2v) is 6.69. The van der Waals surface area contributed by atoms with Gasteiger partial charge in [0.2, 0.25) is 5.91 Å². The van der Waals surface area contributed by atoms with Crippen molar-refractivity contribution in [2.75, 3.05) is 18.1 Å². The Morgan fingerprint density at radius 3 is 2.46 bits per heavy atom. The number of anilines is 1. The predicted octanol–water partition coefficient (Wildman–Crippen LogP) is 3.32. The van der Waals surface area contributed by atoms with E-state index < -0.39 is 0 Å². The standard InChI is InChI=1S/C21H24N2O3/c1-15-5-11-19(12-6-15)26-14-16(2)22-21(25)17-7-9-18(10-8-17)23-13-3-4-20(23)24/h5-12,16H,3-4,13-14H2,1-2H3,(H,22,25)/t16-/m1/s1.